The van der Waals surface area contributed by atoms with Crippen molar-refractivity contribution in [3.05, 3.63) is 36.0 Å². The molecule has 0 atom stereocenters. The lowest BCUT2D eigenvalue weighted by atomic mass is 9.90. The highest BCUT2D eigenvalue weighted by Crippen LogP contribution is 2.21. The molecule has 1 aliphatic carbocycles. The molecule has 0 nitrogen and oxygen atoms in total. The second kappa shape index (κ2) is 3.08. The van der Waals surface area contributed by atoms with E-state index in [2.05, 4.69) is 51.2 Å². The third kappa shape index (κ3) is 2.75. The van der Waals surface area contributed by atoms with Crippen LogP contribution < -0.4 is 0 Å². The Balaban J connectivity index is 2.84. The van der Waals surface area contributed by atoms with Crippen molar-refractivity contribution in [1.29, 1.82) is 0 Å². The first kappa shape index (κ1) is 8.32. The Labute approximate surface area is 69.3 Å². The van der Waals surface area contributed by atoms with Gasteiger partial charge in [0, 0.05) is 5.41 Å². The highest BCUT2D eigenvalue weighted by atomic mass is 14.1. The molecule has 0 radical (unpaired) electrons. The maximum absolute atomic E-state index is 2.26. The Hall–Kier alpha value is -0.780. The van der Waals surface area contributed by atoms with Crippen LogP contribution in [0.3, 0.4) is 0 Å². The molecule has 0 saturated carbocycles. The predicted octanol–water partition coefficient (Wildman–Crippen LogP) is 3.48. The molecule has 0 aliphatic heterocycles. The Morgan fingerprint density at radius 1 is 1.27 bits per heavy atom. The zero-order valence-electron chi connectivity index (χ0n) is 7.59. The van der Waals surface area contributed by atoms with Gasteiger partial charge in [-0.05, 0) is 13.3 Å². The zero-order valence-corrected chi connectivity index (χ0v) is 7.59. The molecule has 0 bridgehead atoms. The zero-order chi connectivity index (χ0) is 8.32. The smallest absolute Gasteiger partial charge is 0.000763 e. The minimum absolute atomic E-state index is 0.233. The first-order valence-electron chi connectivity index (χ1n) is 4.13. The molecule has 0 aromatic heterocycles. The summed E-state index contributed by atoms with van der Waals surface area (Å²) in [6.45, 7) is 6.59. The minimum Gasteiger partial charge on any atom is -0.0836 e. The van der Waals surface area contributed by atoms with Crippen molar-refractivity contribution in [3.8, 4) is 0 Å². The van der Waals surface area contributed by atoms with Gasteiger partial charge in [0.2, 0.25) is 0 Å². The van der Waals surface area contributed by atoms with Crippen LogP contribution in [0.5, 0.6) is 0 Å². The molecule has 0 unspecified atom stereocenters. The fourth-order valence-electron chi connectivity index (χ4n) is 1.13. The summed E-state index contributed by atoms with van der Waals surface area (Å²) in [7, 11) is 0. The second-order valence-electron chi connectivity index (χ2n) is 3.80. The fourth-order valence-corrected chi connectivity index (χ4v) is 1.13. The van der Waals surface area contributed by atoms with Crippen molar-refractivity contribution in [1.82, 2.24) is 0 Å². The first-order chi connectivity index (χ1) is 5.10. The summed E-state index contributed by atoms with van der Waals surface area (Å²) in [6, 6.07) is 0. The lowest BCUT2D eigenvalue weighted by Gasteiger charge is -2.15. The summed E-state index contributed by atoms with van der Waals surface area (Å²) in [5, 5.41) is 0. The molecule has 1 aliphatic rings. The Kier molecular flexibility index (Phi) is 2.33. The van der Waals surface area contributed by atoms with Gasteiger partial charge in [-0.25, -0.2) is 0 Å². The van der Waals surface area contributed by atoms with E-state index in [4.69, 9.17) is 0 Å². The topological polar surface area (TPSA) is 0 Å². The van der Waals surface area contributed by atoms with Crippen molar-refractivity contribution in [2.75, 3.05) is 0 Å². The van der Waals surface area contributed by atoms with Gasteiger partial charge in [0.05, 0.1) is 0 Å². The van der Waals surface area contributed by atoms with Gasteiger partial charge in [-0.3, -0.25) is 0 Å². The fraction of sp³-hybridized carbons (Fsp3) is 0.455. The minimum atomic E-state index is 0.233. The largest absolute Gasteiger partial charge is 0.0836 e. The van der Waals surface area contributed by atoms with Crippen LogP contribution in [0, 0.1) is 5.41 Å². The number of allylic oxidation sites excluding steroid dienone is 6. The highest BCUT2D eigenvalue weighted by molar-refractivity contribution is 5.21. The number of hydrogen-bond acceptors (Lipinski definition) is 0. The van der Waals surface area contributed by atoms with E-state index in [-0.39, 0.29) is 5.41 Å². The van der Waals surface area contributed by atoms with Gasteiger partial charge in [-0.15, -0.1) is 0 Å². The average Bonchev–Trinajstić information content (AvgIpc) is 1.83. The van der Waals surface area contributed by atoms with Crippen LogP contribution in [0.25, 0.3) is 0 Å². The van der Waals surface area contributed by atoms with Crippen molar-refractivity contribution in [2.24, 2.45) is 5.41 Å². The van der Waals surface area contributed by atoms with Gasteiger partial charge in [-0.1, -0.05) is 49.8 Å². The Morgan fingerprint density at radius 2 is 2.00 bits per heavy atom. The SMILES string of the molecule is CC1=C/C=C\C(C)(C)/C=C\C1. The molecule has 0 spiro atoms. The molecule has 60 valence electrons. The third-order valence-electron chi connectivity index (χ3n) is 1.89. The van der Waals surface area contributed by atoms with E-state index in [9.17, 15) is 0 Å². The van der Waals surface area contributed by atoms with Crippen LogP contribution in [0.4, 0.5) is 0 Å². The van der Waals surface area contributed by atoms with Crippen molar-refractivity contribution in [3.63, 3.8) is 0 Å². The van der Waals surface area contributed by atoms with Crippen LogP contribution in [-0.2, 0) is 0 Å². The monoisotopic (exact) mass is 148 g/mol. The van der Waals surface area contributed by atoms with E-state index in [1.807, 2.05) is 0 Å². The Bertz CT molecular complexity index is 214. The summed E-state index contributed by atoms with van der Waals surface area (Å²) in [4.78, 5) is 0. The summed E-state index contributed by atoms with van der Waals surface area (Å²) < 4.78 is 0. The van der Waals surface area contributed by atoms with E-state index >= 15 is 0 Å². The average molecular weight is 148 g/mol. The molecule has 0 fully saturated rings. The third-order valence-corrected chi connectivity index (χ3v) is 1.89. The van der Waals surface area contributed by atoms with Crippen LogP contribution in [0.1, 0.15) is 27.2 Å². The molecular formula is C11H16. The van der Waals surface area contributed by atoms with Crippen molar-refractivity contribution in [2.45, 2.75) is 27.2 Å². The summed E-state index contributed by atoms with van der Waals surface area (Å²) >= 11 is 0. The van der Waals surface area contributed by atoms with E-state index < -0.39 is 0 Å². The van der Waals surface area contributed by atoms with Gasteiger partial charge in [0.1, 0.15) is 0 Å². The maximum atomic E-state index is 2.26. The molecule has 0 heterocycles. The Morgan fingerprint density at radius 3 is 2.73 bits per heavy atom. The van der Waals surface area contributed by atoms with Crippen LogP contribution >= 0.6 is 0 Å². The van der Waals surface area contributed by atoms with Crippen molar-refractivity contribution < 1.29 is 0 Å². The molecule has 0 saturated heterocycles. The summed E-state index contributed by atoms with van der Waals surface area (Å²) in [6.07, 6.45) is 12.2. The van der Waals surface area contributed by atoms with Gasteiger partial charge < -0.3 is 0 Å². The molecule has 0 heteroatoms. The van der Waals surface area contributed by atoms with Gasteiger partial charge in [0.25, 0.3) is 0 Å². The van der Waals surface area contributed by atoms with Crippen LogP contribution in [0.15, 0.2) is 36.0 Å². The molecule has 0 N–H and O–H groups in total. The molecule has 1 rings (SSSR count). The lowest BCUT2D eigenvalue weighted by molar-refractivity contribution is 0.623. The molecule has 0 aromatic carbocycles. The molecule has 0 amide bonds. The number of rotatable bonds is 0. The van der Waals surface area contributed by atoms with Crippen LogP contribution in [0.2, 0.25) is 0 Å². The van der Waals surface area contributed by atoms with E-state index in [0.29, 0.717) is 0 Å². The normalized spacial score (nSPS) is 28.1. The molecule has 0 aromatic rings. The van der Waals surface area contributed by atoms with Gasteiger partial charge in [0.15, 0.2) is 0 Å². The molecular weight excluding hydrogens is 132 g/mol. The maximum Gasteiger partial charge on any atom is 0.000763 e. The number of hydrogen-bond donors (Lipinski definition) is 0. The van der Waals surface area contributed by atoms with Gasteiger partial charge >= 0.3 is 0 Å². The van der Waals surface area contributed by atoms with Crippen molar-refractivity contribution >= 4 is 0 Å². The van der Waals surface area contributed by atoms with Gasteiger partial charge in [-0.2, -0.15) is 0 Å². The van der Waals surface area contributed by atoms with E-state index in [1.54, 1.807) is 0 Å². The standard InChI is InChI=1S/C11H16/c1-10-6-4-8-11(2,3)9-5-7-10/h4-6,8-9H,7H2,1-3H3/b8-4-,9-5-,10-6?. The predicted molar refractivity (Wildman–Crippen MR) is 50.4 cm³/mol. The van der Waals surface area contributed by atoms with Crippen LogP contribution in [-0.4, -0.2) is 0 Å². The lowest BCUT2D eigenvalue weighted by Crippen LogP contribution is -2.02. The van der Waals surface area contributed by atoms with E-state index in [0.717, 1.165) is 6.42 Å². The van der Waals surface area contributed by atoms with E-state index in [1.165, 1.54) is 5.57 Å². The second-order valence-corrected chi connectivity index (χ2v) is 3.80. The molecule has 11 heavy (non-hydrogen) atoms. The quantitative estimate of drug-likeness (QED) is 0.461. The first-order valence-corrected chi connectivity index (χ1v) is 4.13. The summed E-state index contributed by atoms with van der Waals surface area (Å²) in [5.41, 5.74) is 1.66. The summed E-state index contributed by atoms with van der Waals surface area (Å²) in [5.74, 6) is 0. The highest BCUT2D eigenvalue weighted by Gasteiger charge is 2.08.